The minimum absolute atomic E-state index is 0.883. The quantitative estimate of drug-likeness (QED) is 0.809. The highest BCUT2D eigenvalue weighted by Gasteiger charge is 2.05. The van der Waals surface area contributed by atoms with E-state index in [1.807, 2.05) is 41.9 Å². The van der Waals surface area contributed by atoms with Crippen LogP contribution in [0.15, 0.2) is 36.7 Å². The van der Waals surface area contributed by atoms with Gasteiger partial charge in [-0.1, -0.05) is 30.3 Å². The van der Waals surface area contributed by atoms with Gasteiger partial charge in [-0.25, -0.2) is 0 Å². The summed E-state index contributed by atoms with van der Waals surface area (Å²) in [5.41, 5.74) is 1.10. The smallest absolute Gasteiger partial charge is 0.163 e. The Bertz CT molecular complexity index is 408. The molecule has 0 bridgehead atoms. The summed E-state index contributed by atoms with van der Waals surface area (Å²) in [7, 11) is 1.94. The van der Waals surface area contributed by atoms with Crippen molar-refractivity contribution < 1.29 is 0 Å². The van der Waals surface area contributed by atoms with Crippen molar-refractivity contribution in [3.63, 3.8) is 0 Å². The minimum Gasteiger partial charge on any atom is -0.318 e. The Labute approximate surface area is 89.0 Å². The van der Waals surface area contributed by atoms with Crippen LogP contribution in [0.5, 0.6) is 0 Å². The van der Waals surface area contributed by atoms with E-state index in [1.165, 1.54) is 0 Å². The van der Waals surface area contributed by atoms with E-state index in [9.17, 15) is 0 Å². The van der Waals surface area contributed by atoms with E-state index >= 15 is 0 Å². The van der Waals surface area contributed by atoms with Crippen molar-refractivity contribution in [3.05, 3.63) is 36.7 Å². The normalized spacial score (nSPS) is 10.5. The molecule has 0 atom stereocenters. The maximum Gasteiger partial charge on any atom is 0.163 e. The highest BCUT2D eigenvalue weighted by atomic mass is 15.3. The van der Waals surface area contributed by atoms with E-state index in [0.717, 1.165) is 24.5 Å². The molecule has 0 amide bonds. The maximum atomic E-state index is 4.12. The fourth-order valence-electron chi connectivity index (χ4n) is 1.46. The van der Waals surface area contributed by atoms with Crippen LogP contribution < -0.4 is 5.32 Å². The lowest BCUT2D eigenvalue weighted by Crippen LogP contribution is -2.15. The van der Waals surface area contributed by atoms with Gasteiger partial charge < -0.3 is 9.88 Å². The van der Waals surface area contributed by atoms with Crippen LogP contribution in [-0.4, -0.2) is 28.4 Å². The van der Waals surface area contributed by atoms with Crippen LogP contribution in [-0.2, 0) is 6.54 Å². The summed E-state index contributed by atoms with van der Waals surface area (Å²) in [5.74, 6) is 0.922. The summed E-state index contributed by atoms with van der Waals surface area (Å²) >= 11 is 0. The van der Waals surface area contributed by atoms with Crippen molar-refractivity contribution in [1.29, 1.82) is 0 Å². The van der Waals surface area contributed by atoms with E-state index < -0.39 is 0 Å². The first-order chi connectivity index (χ1) is 7.42. The first kappa shape index (κ1) is 9.86. The summed E-state index contributed by atoms with van der Waals surface area (Å²) in [5, 5.41) is 11.2. The first-order valence-electron chi connectivity index (χ1n) is 4.99. The van der Waals surface area contributed by atoms with Crippen LogP contribution in [0, 0.1) is 0 Å². The lowest BCUT2D eigenvalue weighted by molar-refractivity contribution is 0.647. The molecule has 0 aliphatic heterocycles. The molecule has 0 saturated heterocycles. The van der Waals surface area contributed by atoms with Crippen molar-refractivity contribution in [2.75, 3.05) is 13.6 Å². The highest BCUT2D eigenvalue weighted by molar-refractivity contribution is 5.54. The van der Waals surface area contributed by atoms with Gasteiger partial charge in [0.2, 0.25) is 0 Å². The highest BCUT2D eigenvalue weighted by Crippen LogP contribution is 2.14. The molecule has 15 heavy (non-hydrogen) atoms. The predicted octanol–water partition coefficient (Wildman–Crippen LogP) is 1.16. The van der Waals surface area contributed by atoms with Crippen LogP contribution in [0.2, 0.25) is 0 Å². The van der Waals surface area contributed by atoms with Crippen LogP contribution >= 0.6 is 0 Å². The number of hydrogen-bond acceptors (Lipinski definition) is 3. The summed E-state index contributed by atoms with van der Waals surface area (Å²) in [4.78, 5) is 0. The van der Waals surface area contributed by atoms with Gasteiger partial charge >= 0.3 is 0 Å². The molecule has 0 aliphatic rings. The van der Waals surface area contributed by atoms with Gasteiger partial charge in [-0.05, 0) is 7.05 Å². The second-order valence-electron chi connectivity index (χ2n) is 3.32. The van der Waals surface area contributed by atoms with Crippen molar-refractivity contribution in [2.24, 2.45) is 0 Å². The second-order valence-corrected chi connectivity index (χ2v) is 3.32. The number of aromatic nitrogens is 3. The Morgan fingerprint density at radius 2 is 2.07 bits per heavy atom. The molecular weight excluding hydrogens is 188 g/mol. The van der Waals surface area contributed by atoms with E-state index in [0.29, 0.717) is 0 Å². The number of hydrogen-bond donors (Lipinski definition) is 1. The lowest BCUT2D eigenvalue weighted by atomic mass is 10.2. The number of benzene rings is 1. The zero-order valence-corrected chi connectivity index (χ0v) is 8.72. The zero-order chi connectivity index (χ0) is 10.5. The maximum absolute atomic E-state index is 4.12. The van der Waals surface area contributed by atoms with Crippen LogP contribution in [0.25, 0.3) is 11.4 Å². The molecule has 1 aromatic carbocycles. The molecule has 2 aromatic rings. The van der Waals surface area contributed by atoms with Gasteiger partial charge in [0.1, 0.15) is 6.33 Å². The van der Waals surface area contributed by atoms with Crippen LogP contribution in [0.4, 0.5) is 0 Å². The van der Waals surface area contributed by atoms with Gasteiger partial charge in [-0.15, -0.1) is 10.2 Å². The predicted molar refractivity (Wildman–Crippen MR) is 59.4 cm³/mol. The molecular formula is C11H14N4. The third kappa shape index (κ3) is 2.22. The van der Waals surface area contributed by atoms with Gasteiger partial charge in [0.25, 0.3) is 0 Å². The molecule has 4 heteroatoms. The molecule has 0 spiro atoms. The molecule has 1 N–H and O–H groups in total. The Hall–Kier alpha value is -1.68. The molecule has 4 nitrogen and oxygen atoms in total. The minimum atomic E-state index is 0.883. The molecule has 0 fully saturated rings. The van der Waals surface area contributed by atoms with Crippen molar-refractivity contribution in [3.8, 4) is 11.4 Å². The number of nitrogens with one attached hydrogen (secondary N) is 1. The molecule has 0 radical (unpaired) electrons. The Morgan fingerprint density at radius 3 is 2.80 bits per heavy atom. The molecule has 0 saturated carbocycles. The number of likely N-dealkylation sites (N-methyl/N-ethyl adjacent to an activating group) is 1. The fourth-order valence-corrected chi connectivity index (χ4v) is 1.46. The van der Waals surface area contributed by atoms with Crippen molar-refractivity contribution in [2.45, 2.75) is 6.54 Å². The Balaban J connectivity index is 2.25. The lowest BCUT2D eigenvalue weighted by Gasteiger charge is -2.05. The molecule has 0 unspecified atom stereocenters. The average molecular weight is 202 g/mol. The SMILES string of the molecule is CNCCn1cnnc1-c1ccccc1. The summed E-state index contributed by atoms with van der Waals surface area (Å²) < 4.78 is 2.05. The van der Waals surface area contributed by atoms with E-state index in [-0.39, 0.29) is 0 Å². The van der Waals surface area contributed by atoms with E-state index in [2.05, 4.69) is 15.5 Å². The Kier molecular flexibility index (Phi) is 3.09. The number of rotatable bonds is 4. The molecule has 2 rings (SSSR count). The van der Waals surface area contributed by atoms with Gasteiger partial charge in [0, 0.05) is 18.7 Å². The van der Waals surface area contributed by atoms with Gasteiger partial charge in [-0.3, -0.25) is 0 Å². The first-order valence-corrected chi connectivity index (χ1v) is 4.99. The van der Waals surface area contributed by atoms with Crippen molar-refractivity contribution in [1.82, 2.24) is 20.1 Å². The summed E-state index contributed by atoms with van der Waals surface area (Å²) in [6, 6.07) is 10.1. The van der Waals surface area contributed by atoms with E-state index in [1.54, 1.807) is 6.33 Å². The van der Waals surface area contributed by atoms with Crippen LogP contribution in [0.1, 0.15) is 0 Å². The average Bonchev–Trinajstić information content (AvgIpc) is 2.75. The van der Waals surface area contributed by atoms with Gasteiger partial charge in [-0.2, -0.15) is 0 Å². The fraction of sp³-hybridized carbons (Fsp3) is 0.273. The molecule has 78 valence electrons. The molecule has 1 heterocycles. The van der Waals surface area contributed by atoms with E-state index in [4.69, 9.17) is 0 Å². The van der Waals surface area contributed by atoms with Gasteiger partial charge in [0.15, 0.2) is 5.82 Å². The number of nitrogens with zero attached hydrogens (tertiary/aromatic N) is 3. The van der Waals surface area contributed by atoms with Crippen molar-refractivity contribution >= 4 is 0 Å². The third-order valence-corrected chi connectivity index (χ3v) is 2.25. The summed E-state index contributed by atoms with van der Waals surface area (Å²) in [6.07, 6.45) is 1.76. The second kappa shape index (κ2) is 4.70. The monoisotopic (exact) mass is 202 g/mol. The largest absolute Gasteiger partial charge is 0.318 e. The molecule has 1 aromatic heterocycles. The third-order valence-electron chi connectivity index (χ3n) is 2.25. The summed E-state index contributed by atoms with van der Waals surface area (Å²) in [6.45, 7) is 1.80. The standard InChI is InChI=1S/C11H14N4/c1-12-7-8-15-9-13-14-11(15)10-5-3-2-4-6-10/h2-6,9,12H,7-8H2,1H3. The topological polar surface area (TPSA) is 42.7 Å². The Morgan fingerprint density at radius 1 is 1.27 bits per heavy atom. The van der Waals surface area contributed by atoms with Gasteiger partial charge in [0.05, 0.1) is 0 Å². The zero-order valence-electron chi connectivity index (χ0n) is 8.72. The van der Waals surface area contributed by atoms with Crippen LogP contribution in [0.3, 0.4) is 0 Å². The molecule has 0 aliphatic carbocycles.